The molecule has 0 spiro atoms. The third-order valence-corrected chi connectivity index (χ3v) is 6.44. The maximum absolute atomic E-state index is 6.62. The Morgan fingerprint density at radius 2 is 1.21 bits per heavy atom. The summed E-state index contributed by atoms with van der Waals surface area (Å²) in [6.45, 7) is 7.49. The van der Waals surface area contributed by atoms with Crippen molar-refractivity contribution in [2.75, 3.05) is 11.1 Å². The zero-order chi connectivity index (χ0) is 23.0. The molecule has 0 atom stereocenters. The van der Waals surface area contributed by atoms with E-state index in [1.807, 2.05) is 6.07 Å². The van der Waals surface area contributed by atoms with Gasteiger partial charge in [-0.15, -0.1) is 0 Å². The first-order chi connectivity index (χ1) is 15.9. The van der Waals surface area contributed by atoms with Crippen molar-refractivity contribution in [3.8, 4) is 11.1 Å². The van der Waals surface area contributed by atoms with Gasteiger partial charge >= 0.3 is 0 Å². The van der Waals surface area contributed by atoms with Crippen LogP contribution in [0.3, 0.4) is 0 Å². The molecule has 33 heavy (non-hydrogen) atoms. The maximum atomic E-state index is 6.62. The van der Waals surface area contributed by atoms with Crippen molar-refractivity contribution in [1.82, 2.24) is 0 Å². The first-order valence-electron chi connectivity index (χ1n) is 11.5. The molecular formula is C31H30N2. The summed E-state index contributed by atoms with van der Waals surface area (Å²) in [5.74, 6) is 0. The number of nitrogens with one attached hydrogen (secondary N) is 1. The summed E-state index contributed by atoms with van der Waals surface area (Å²) in [6, 6.07) is 34.4. The van der Waals surface area contributed by atoms with Crippen LogP contribution in [-0.2, 0) is 12.0 Å². The fourth-order valence-electron chi connectivity index (χ4n) is 4.58. The van der Waals surface area contributed by atoms with Gasteiger partial charge in [-0.05, 0) is 50.2 Å². The number of hydrogen-bond donors (Lipinski definition) is 2. The molecule has 0 bridgehead atoms. The minimum Gasteiger partial charge on any atom is -0.398 e. The van der Waals surface area contributed by atoms with Crippen LogP contribution in [0.4, 0.5) is 11.4 Å². The molecule has 0 aliphatic rings. The second-order valence-corrected chi connectivity index (χ2v) is 9.76. The van der Waals surface area contributed by atoms with Gasteiger partial charge in [-0.2, -0.15) is 0 Å². The molecule has 0 aliphatic carbocycles. The molecule has 2 nitrogen and oxygen atoms in total. The summed E-state index contributed by atoms with van der Waals surface area (Å²) < 4.78 is 0. The van der Waals surface area contributed by atoms with Gasteiger partial charge < -0.3 is 11.1 Å². The molecule has 0 radical (unpaired) electrons. The molecule has 0 saturated heterocycles. The Balaban J connectivity index is 1.62. The summed E-state index contributed by atoms with van der Waals surface area (Å²) in [5.41, 5.74) is 13.5. The third-order valence-electron chi connectivity index (χ3n) is 6.44. The Morgan fingerprint density at radius 1 is 0.636 bits per heavy atom. The van der Waals surface area contributed by atoms with Crippen LogP contribution >= 0.6 is 0 Å². The standard InChI is InChI=1S/C31H30N2/c1-31(2,3)24-16-12-21(13-17-24)20-33-28-19-15-23-9-5-7-11-26(23)30(28)29-25-10-6-4-8-22(25)14-18-27(29)32/h4-19,33H,20,32H2,1-3H3. The third kappa shape index (κ3) is 4.05. The SMILES string of the molecule is CC(C)(C)c1ccc(CNc2ccc3ccccc3c2-c2c(N)ccc3ccccc23)cc1. The highest BCUT2D eigenvalue weighted by molar-refractivity contribution is 6.13. The lowest BCUT2D eigenvalue weighted by molar-refractivity contribution is 0.590. The summed E-state index contributed by atoms with van der Waals surface area (Å²) in [5, 5.41) is 8.49. The monoisotopic (exact) mass is 430 g/mol. The number of benzene rings is 5. The molecule has 0 heterocycles. The van der Waals surface area contributed by atoms with Crippen molar-refractivity contribution in [2.24, 2.45) is 0 Å². The summed E-state index contributed by atoms with van der Waals surface area (Å²) in [4.78, 5) is 0. The van der Waals surface area contributed by atoms with Gasteiger partial charge in [-0.1, -0.05) is 106 Å². The average Bonchev–Trinajstić information content (AvgIpc) is 2.82. The first kappa shape index (κ1) is 21.1. The quantitative estimate of drug-likeness (QED) is 0.282. The fraction of sp³-hybridized carbons (Fsp3) is 0.161. The van der Waals surface area contributed by atoms with E-state index in [2.05, 4.69) is 117 Å². The van der Waals surface area contributed by atoms with Crippen molar-refractivity contribution in [3.63, 3.8) is 0 Å². The number of nitrogens with two attached hydrogens (primary N) is 1. The van der Waals surface area contributed by atoms with Crippen molar-refractivity contribution in [2.45, 2.75) is 32.7 Å². The molecule has 0 saturated carbocycles. The Hall–Kier alpha value is -3.78. The minimum absolute atomic E-state index is 0.156. The van der Waals surface area contributed by atoms with Gasteiger partial charge in [0.2, 0.25) is 0 Å². The van der Waals surface area contributed by atoms with Crippen LogP contribution < -0.4 is 11.1 Å². The van der Waals surface area contributed by atoms with Crippen LogP contribution in [0.5, 0.6) is 0 Å². The Labute approximate surface area is 196 Å². The van der Waals surface area contributed by atoms with E-state index in [0.29, 0.717) is 0 Å². The molecule has 3 N–H and O–H groups in total. The van der Waals surface area contributed by atoms with Gasteiger partial charge in [0.15, 0.2) is 0 Å². The molecule has 5 aromatic carbocycles. The highest BCUT2D eigenvalue weighted by Gasteiger charge is 2.16. The summed E-state index contributed by atoms with van der Waals surface area (Å²) in [6.07, 6.45) is 0. The van der Waals surface area contributed by atoms with Gasteiger partial charge in [-0.3, -0.25) is 0 Å². The Bertz CT molecular complexity index is 1440. The van der Waals surface area contributed by atoms with Crippen molar-refractivity contribution >= 4 is 32.9 Å². The number of rotatable bonds is 4. The van der Waals surface area contributed by atoms with Gasteiger partial charge in [0, 0.05) is 29.0 Å². The normalized spacial score (nSPS) is 11.7. The zero-order valence-corrected chi connectivity index (χ0v) is 19.5. The molecule has 0 unspecified atom stereocenters. The van der Waals surface area contributed by atoms with E-state index >= 15 is 0 Å². The van der Waals surface area contributed by atoms with Gasteiger partial charge in [0.25, 0.3) is 0 Å². The Kier molecular flexibility index (Phi) is 5.30. The van der Waals surface area contributed by atoms with E-state index in [4.69, 9.17) is 5.73 Å². The molecule has 0 aromatic heterocycles. The molecule has 0 amide bonds. The number of fused-ring (bicyclic) bond motifs is 2. The first-order valence-corrected chi connectivity index (χ1v) is 11.5. The van der Waals surface area contributed by atoms with E-state index < -0.39 is 0 Å². The molecule has 0 aliphatic heterocycles. The van der Waals surface area contributed by atoms with Crippen LogP contribution in [0.15, 0.2) is 97.1 Å². The van der Waals surface area contributed by atoms with Crippen molar-refractivity contribution in [1.29, 1.82) is 0 Å². The maximum Gasteiger partial charge on any atom is 0.0430 e. The van der Waals surface area contributed by atoms with Gasteiger partial charge in [-0.25, -0.2) is 0 Å². The van der Waals surface area contributed by atoms with Crippen LogP contribution in [0.25, 0.3) is 32.7 Å². The smallest absolute Gasteiger partial charge is 0.0430 e. The number of hydrogen-bond acceptors (Lipinski definition) is 2. The van der Waals surface area contributed by atoms with Gasteiger partial charge in [0.1, 0.15) is 0 Å². The van der Waals surface area contributed by atoms with Crippen LogP contribution in [0.2, 0.25) is 0 Å². The number of nitrogen functional groups attached to an aromatic ring is 1. The van der Waals surface area contributed by atoms with E-state index in [1.54, 1.807) is 0 Å². The van der Waals surface area contributed by atoms with E-state index in [1.165, 1.54) is 32.7 Å². The predicted octanol–water partition coefficient (Wildman–Crippen LogP) is 8.15. The summed E-state index contributed by atoms with van der Waals surface area (Å²) >= 11 is 0. The van der Waals surface area contributed by atoms with E-state index in [9.17, 15) is 0 Å². The van der Waals surface area contributed by atoms with Crippen molar-refractivity contribution < 1.29 is 0 Å². The Morgan fingerprint density at radius 3 is 1.85 bits per heavy atom. The average molecular weight is 431 g/mol. The summed E-state index contributed by atoms with van der Waals surface area (Å²) in [7, 11) is 0. The lowest BCUT2D eigenvalue weighted by atomic mass is 9.87. The second kappa shape index (κ2) is 8.29. The molecule has 0 fully saturated rings. The largest absolute Gasteiger partial charge is 0.398 e. The lowest BCUT2D eigenvalue weighted by Crippen LogP contribution is -2.11. The second-order valence-electron chi connectivity index (χ2n) is 9.76. The van der Waals surface area contributed by atoms with Crippen molar-refractivity contribution in [3.05, 3.63) is 108 Å². The molecule has 5 rings (SSSR count). The highest BCUT2D eigenvalue weighted by Crippen LogP contribution is 2.42. The minimum atomic E-state index is 0.156. The number of anilines is 2. The fourth-order valence-corrected chi connectivity index (χ4v) is 4.58. The molecule has 164 valence electrons. The van der Waals surface area contributed by atoms with E-state index in [0.717, 1.165) is 29.0 Å². The molecular weight excluding hydrogens is 400 g/mol. The highest BCUT2D eigenvalue weighted by atomic mass is 14.9. The van der Waals surface area contributed by atoms with Crippen LogP contribution in [0, 0.1) is 0 Å². The van der Waals surface area contributed by atoms with Crippen LogP contribution in [-0.4, -0.2) is 0 Å². The molecule has 2 heteroatoms. The predicted molar refractivity (Wildman–Crippen MR) is 144 cm³/mol. The van der Waals surface area contributed by atoms with E-state index in [-0.39, 0.29) is 5.41 Å². The topological polar surface area (TPSA) is 38.0 Å². The molecule has 5 aromatic rings. The zero-order valence-electron chi connectivity index (χ0n) is 19.5. The van der Waals surface area contributed by atoms with Gasteiger partial charge in [0.05, 0.1) is 0 Å². The van der Waals surface area contributed by atoms with Crippen LogP contribution in [0.1, 0.15) is 31.9 Å². The lowest BCUT2D eigenvalue weighted by Gasteiger charge is -2.20.